The van der Waals surface area contributed by atoms with E-state index >= 15 is 0 Å². The van der Waals surface area contributed by atoms with Crippen molar-refractivity contribution in [1.29, 1.82) is 0 Å². The van der Waals surface area contributed by atoms with E-state index in [1.165, 1.54) is 24.5 Å². The van der Waals surface area contributed by atoms with Crippen LogP contribution in [0.1, 0.15) is 69.7 Å². The molecule has 0 aliphatic carbocycles. The second-order valence-corrected chi connectivity index (χ2v) is 9.79. The normalized spacial score (nSPS) is 9.93. The molecule has 0 saturated heterocycles. The van der Waals surface area contributed by atoms with Crippen LogP contribution in [0.2, 0.25) is 0 Å². The van der Waals surface area contributed by atoms with Crippen LogP contribution in [-0.2, 0) is 22.6 Å². The Labute approximate surface area is 260 Å². The molecular formula is C35H51F2N2O3P. The lowest BCUT2D eigenvalue weighted by atomic mass is 10.0. The summed E-state index contributed by atoms with van der Waals surface area (Å²) < 4.78 is 29.2. The monoisotopic (exact) mass is 616 g/mol. The fourth-order valence-electron chi connectivity index (χ4n) is 3.71. The van der Waals surface area contributed by atoms with Crippen molar-refractivity contribution in [2.45, 2.75) is 67.3 Å². The maximum atomic E-state index is 14.3. The summed E-state index contributed by atoms with van der Waals surface area (Å²) in [6, 6.07) is 20.7. The molecule has 0 heterocycles. The van der Waals surface area contributed by atoms with E-state index in [4.69, 9.17) is 9.53 Å². The Bertz CT molecular complexity index is 1180. The average molecular weight is 617 g/mol. The Hall–Kier alpha value is -3.57. The third kappa shape index (κ3) is 15.5. The first-order chi connectivity index (χ1) is 20.7. The predicted molar refractivity (Wildman–Crippen MR) is 182 cm³/mol. The third-order valence-corrected chi connectivity index (χ3v) is 6.18. The maximum Gasteiger partial charge on any atom is 0.253 e. The molecule has 0 aliphatic heterocycles. The van der Waals surface area contributed by atoms with Gasteiger partial charge in [-0.05, 0) is 49.1 Å². The van der Waals surface area contributed by atoms with Crippen LogP contribution in [0.5, 0.6) is 5.75 Å². The van der Waals surface area contributed by atoms with Gasteiger partial charge in [-0.1, -0.05) is 95.1 Å². The molecule has 0 saturated carbocycles. The van der Waals surface area contributed by atoms with Gasteiger partial charge >= 0.3 is 0 Å². The van der Waals surface area contributed by atoms with E-state index in [1.807, 2.05) is 63.1 Å². The van der Waals surface area contributed by atoms with Gasteiger partial charge in [0, 0.05) is 29.7 Å². The van der Waals surface area contributed by atoms with Crippen molar-refractivity contribution in [2.24, 2.45) is 0 Å². The molecule has 1 unspecified atom stereocenters. The molecule has 2 N–H and O–H groups in total. The first-order valence-electron chi connectivity index (χ1n) is 14.4. The molecule has 1 atom stereocenters. The van der Waals surface area contributed by atoms with Crippen molar-refractivity contribution in [2.75, 3.05) is 20.8 Å². The highest BCUT2D eigenvalue weighted by Gasteiger charge is 2.20. The van der Waals surface area contributed by atoms with Crippen LogP contribution in [0, 0.1) is 12.7 Å². The van der Waals surface area contributed by atoms with Gasteiger partial charge in [0.2, 0.25) is 0 Å². The summed E-state index contributed by atoms with van der Waals surface area (Å²) in [5.74, 6) is 0.0656. The molecule has 0 spiro atoms. The quantitative estimate of drug-likeness (QED) is 0.191. The highest BCUT2D eigenvalue weighted by Crippen LogP contribution is 2.23. The molecule has 238 valence electrons. The summed E-state index contributed by atoms with van der Waals surface area (Å²) in [6.45, 7) is 15.0. The molecule has 0 bridgehead atoms. The number of nitrogens with one attached hydrogen (secondary N) is 2. The number of benzene rings is 3. The second kappa shape index (κ2) is 26.1. The van der Waals surface area contributed by atoms with Crippen LogP contribution in [-0.4, -0.2) is 33.5 Å². The molecule has 3 aromatic rings. The fourth-order valence-corrected chi connectivity index (χ4v) is 4.16. The molecule has 1 amide bonds. The Balaban J connectivity index is 0. The van der Waals surface area contributed by atoms with E-state index in [2.05, 4.69) is 59.7 Å². The minimum absolute atomic E-state index is 0.105. The van der Waals surface area contributed by atoms with Gasteiger partial charge in [0.1, 0.15) is 18.4 Å². The van der Waals surface area contributed by atoms with Crippen LogP contribution in [0.15, 0.2) is 72.4 Å². The number of carbonyl (C=O) groups is 2. The largest absolute Gasteiger partial charge is 0.496 e. The Kier molecular flexibility index (Phi) is 25.2. The fraction of sp³-hybridized carbons (Fsp3) is 0.371. The lowest BCUT2D eigenvalue weighted by Crippen LogP contribution is -2.29. The van der Waals surface area contributed by atoms with Gasteiger partial charge in [-0.2, -0.15) is 0 Å². The average Bonchev–Trinajstić information content (AvgIpc) is 3.01. The topological polar surface area (TPSA) is 67.4 Å². The molecular weight excluding hydrogens is 565 g/mol. The molecule has 3 rings (SSSR count). The number of hydrogen-bond donors (Lipinski definition) is 2. The Morgan fingerprint density at radius 1 is 0.884 bits per heavy atom. The number of allylic oxidation sites excluding steroid dienone is 1. The van der Waals surface area contributed by atoms with Gasteiger partial charge in [0.15, 0.2) is 0 Å². The SMILES string of the molecule is C=O.CCC.CCC.CF.COc1cccc(/C(C(=O)NCc2c(C)cccc2F)=C(\C)NCCc2ccccc2)c1P. The number of ether oxygens (including phenoxy) is 1. The molecule has 5 nitrogen and oxygen atoms in total. The Morgan fingerprint density at radius 3 is 1.98 bits per heavy atom. The van der Waals surface area contributed by atoms with Gasteiger partial charge in [0.05, 0.1) is 19.9 Å². The molecule has 3 aromatic carbocycles. The van der Waals surface area contributed by atoms with Crippen LogP contribution >= 0.6 is 9.24 Å². The van der Waals surface area contributed by atoms with Gasteiger partial charge in [-0.25, -0.2) is 4.39 Å². The summed E-state index contributed by atoms with van der Waals surface area (Å²) in [5, 5.41) is 7.09. The molecule has 0 aromatic heterocycles. The summed E-state index contributed by atoms with van der Waals surface area (Å²) in [6.07, 6.45) is 3.33. The summed E-state index contributed by atoms with van der Waals surface area (Å²) >= 11 is 0. The smallest absolute Gasteiger partial charge is 0.253 e. The van der Waals surface area contributed by atoms with Crippen LogP contribution < -0.4 is 20.7 Å². The third-order valence-electron chi connectivity index (χ3n) is 5.58. The number of carbonyl (C=O) groups excluding carboxylic acids is 2. The van der Waals surface area contributed by atoms with Gasteiger partial charge < -0.3 is 20.2 Å². The van der Waals surface area contributed by atoms with Crippen molar-refractivity contribution >= 4 is 32.8 Å². The van der Waals surface area contributed by atoms with Crippen LogP contribution in [0.25, 0.3) is 5.57 Å². The first-order valence-corrected chi connectivity index (χ1v) is 14.9. The van der Waals surface area contributed by atoms with E-state index in [-0.39, 0.29) is 18.3 Å². The minimum Gasteiger partial charge on any atom is -0.496 e. The minimum atomic E-state index is -0.327. The van der Waals surface area contributed by atoms with Crippen molar-refractivity contribution < 1.29 is 23.1 Å². The van der Waals surface area contributed by atoms with Crippen molar-refractivity contribution in [3.63, 3.8) is 0 Å². The number of rotatable bonds is 9. The lowest BCUT2D eigenvalue weighted by molar-refractivity contribution is -0.115. The molecule has 8 heteroatoms. The zero-order chi connectivity index (χ0) is 33.2. The molecule has 0 fully saturated rings. The number of amides is 1. The van der Waals surface area contributed by atoms with Crippen LogP contribution in [0.4, 0.5) is 8.78 Å². The number of aryl methyl sites for hydroxylation is 1. The number of hydrogen-bond acceptors (Lipinski definition) is 4. The number of halogens is 2. The van der Waals surface area contributed by atoms with Crippen molar-refractivity contribution in [3.8, 4) is 5.75 Å². The maximum absolute atomic E-state index is 14.3. The predicted octanol–water partition coefficient (Wildman–Crippen LogP) is 7.76. The molecule has 43 heavy (non-hydrogen) atoms. The summed E-state index contributed by atoms with van der Waals surface area (Å²) in [5.41, 5.74) is 4.48. The van der Waals surface area contributed by atoms with Gasteiger partial charge in [0.25, 0.3) is 5.91 Å². The number of alkyl halides is 1. The van der Waals surface area contributed by atoms with Gasteiger partial charge in [-0.15, -0.1) is 9.24 Å². The van der Waals surface area contributed by atoms with Crippen molar-refractivity contribution in [1.82, 2.24) is 10.6 Å². The molecule has 0 aliphatic rings. The highest BCUT2D eigenvalue weighted by molar-refractivity contribution is 7.28. The standard InChI is InChI=1S/C27H30FN2O2P.2C3H8.CH3F.CH2O/c1-18-9-7-13-23(28)22(18)17-30-27(31)25(21-12-8-14-24(32-3)26(21)33)19(2)29-16-15-20-10-5-4-6-11-20;2*1-3-2;2*1-2/h4-14,29H,15-17,33H2,1-3H3,(H,30,31);2*3H2,1-2H3;1H3;1H2/b25-19-;;;;. The van der Waals surface area contributed by atoms with E-state index < -0.39 is 0 Å². The van der Waals surface area contributed by atoms with E-state index in [0.717, 1.165) is 28.5 Å². The van der Waals surface area contributed by atoms with E-state index in [0.29, 0.717) is 30.6 Å². The van der Waals surface area contributed by atoms with Gasteiger partial charge in [-0.3, -0.25) is 9.18 Å². The summed E-state index contributed by atoms with van der Waals surface area (Å²) in [7, 11) is 4.76. The van der Waals surface area contributed by atoms with E-state index in [1.54, 1.807) is 13.2 Å². The zero-order valence-electron chi connectivity index (χ0n) is 27.2. The second-order valence-electron chi connectivity index (χ2n) is 9.22. The van der Waals surface area contributed by atoms with Crippen LogP contribution in [0.3, 0.4) is 0 Å². The molecule has 0 radical (unpaired) electrons. The van der Waals surface area contributed by atoms with Crippen molar-refractivity contribution in [3.05, 3.63) is 100 Å². The first kappa shape index (κ1) is 41.6. The van der Waals surface area contributed by atoms with E-state index in [9.17, 15) is 13.6 Å². The Morgan fingerprint density at radius 2 is 1.44 bits per heavy atom. The summed E-state index contributed by atoms with van der Waals surface area (Å²) in [4.78, 5) is 21.4. The zero-order valence-corrected chi connectivity index (χ0v) is 28.3. The number of methoxy groups -OCH3 is 1. The lowest BCUT2D eigenvalue weighted by Gasteiger charge is -2.18. The highest BCUT2D eigenvalue weighted by atomic mass is 31.0.